The lowest BCUT2D eigenvalue weighted by Crippen LogP contribution is -2.32. The maximum Gasteiger partial charge on any atom is 0.296 e. The summed E-state index contributed by atoms with van der Waals surface area (Å²) in [6, 6.07) is 17.1. The number of nitrogens with zero attached hydrogens (tertiary/aromatic N) is 3. The Kier molecular flexibility index (Phi) is 6.69. The fourth-order valence-corrected chi connectivity index (χ4v) is 4.87. The molecule has 0 radical (unpaired) electrons. The number of halogens is 2. The van der Waals surface area contributed by atoms with Gasteiger partial charge in [0.25, 0.3) is 6.01 Å². The quantitative estimate of drug-likeness (QED) is 0.371. The lowest BCUT2D eigenvalue weighted by molar-refractivity contribution is 0.0302. The van der Waals surface area contributed by atoms with Crippen LogP contribution in [0, 0.1) is 0 Å². The van der Waals surface area contributed by atoms with E-state index in [4.69, 9.17) is 26.2 Å². The summed E-state index contributed by atoms with van der Waals surface area (Å²) < 4.78 is 41.2. The first kappa shape index (κ1) is 24.6. The van der Waals surface area contributed by atoms with Gasteiger partial charge in [-0.05, 0) is 29.3 Å². The van der Waals surface area contributed by atoms with Gasteiger partial charge in [-0.1, -0.05) is 48.0 Å². The second kappa shape index (κ2) is 9.78. The third-order valence-corrected chi connectivity index (χ3v) is 6.66. The maximum absolute atomic E-state index is 14.3. The van der Waals surface area contributed by atoms with Crippen LogP contribution in [0.1, 0.15) is 0 Å². The molecule has 11 heteroatoms. The molecule has 0 amide bonds. The minimum Gasteiger partial charge on any atom is -0.456 e. The van der Waals surface area contributed by atoms with Crippen LogP contribution in [-0.2, 0) is 14.5 Å². The van der Waals surface area contributed by atoms with E-state index < -0.39 is 34.7 Å². The molecule has 36 heavy (non-hydrogen) atoms. The van der Waals surface area contributed by atoms with E-state index in [0.717, 1.165) is 16.7 Å². The van der Waals surface area contributed by atoms with Crippen LogP contribution in [0.3, 0.4) is 0 Å². The van der Waals surface area contributed by atoms with Gasteiger partial charge in [0.05, 0.1) is 35.1 Å². The number of aromatic nitrogens is 3. The highest BCUT2D eigenvalue weighted by Crippen LogP contribution is 2.32. The van der Waals surface area contributed by atoms with Crippen molar-refractivity contribution in [3.63, 3.8) is 0 Å². The fraction of sp³-hybridized carbons (Fsp3) is 0.280. The van der Waals surface area contributed by atoms with Gasteiger partial charge in [0.15, 0.2) is 17.9 Å². The number of hydrogen-bond donors (Lipinski definition) is 2. The minimum absolute atomic E-state index is 0.0182. The lowest BCUT2D eigenvalue weighted by atomic mass is 10.0. The predicted molar refractivity (Wildman–Crippen MR) is 138 cm³/mol. The van der Waals surface area contributed by atoms with Crippen molar-refractivity contribution in [1.29, 1.82) is 0 Å². The molecule has 5 rings (SSSR count). The number of pyridine rings is 1. The molecule has 0 saturated carbocycles. The second-order valence-electron chi connectivity index (χ2n) is 8.78. The van der Waals surface area contributed by atoms with E-state index >= 15 is 0 Å². The van der Waals surface area contributed by atoms with Gasteiger partial charge in [-0.2, -0.15) is 9.35 Å². The van der Waals surface area contributed by atoms with Gasteiger partial charge in [-0.3, -0.25) is 0 Å². The Balaban J connectivity index is 1.36. The molecular formula is C25H24ClFN4O4S. The number of alkyl halides is 1. The van der Waals surface area contributed by atoms with Crippen LogP contribution < -0.4 is 4.74 Å². The van der Waals surface area contributed by atoms with Crippen LogP contribution in [0.25, 0.3) is 33.5 Å². The number of benzene rings is 2. The Morgan fingerprint density at radius 1 is 1.14 bits per heavy atom. The first-order chi connectivity index (χ1) is 17.2. The molecule has 3 atom stereocenters. The molecule has 0 aliphatic carbocycles. The molecular weight excluding hydrogens is 507 g/mol. The normalized spacial score (nSPS) is 20.1. The lowest BCUT2D eigenvalue weighted by Gasteiger charge is -2.13. The van der Waals surface area contributed by atoms with E-state index in [0.29, 0.717) is 27.6 Å². The average Bonchev–Trinajstić information content (AvgIpc) is 3.40. The summed E-state index contributed by atoms with van der Waals surface area (Å²) in [4.78, 5) is 11.9. The molecule has 2 aromatic heterocycles. The molecule has 0 unspecified atom stereocenters. The van der Waals surface area contributed by atoms with Gasteiger partial charge in [0, 0.05) is 27.8 Å². The highest BCUT2D eigenvalue weighted by molar-refractivity contribution is 7.92. The van der Waals surface area contributed by atoms with Gasteiger partial charge < -0.3 is 19.6 Å². The Labute approximate surface area is 212 Å². The molecule has 1 saturated heterocycles. The van der Waals surface area contributed by atoms with Crippen molar-refractivity contribution in [2.75, 3.05) is 25.7 Å². The number of H-pyrrole nitrogens is 1. The van der Waals surface area contributed by atoms with Crippen molar-refractivity contribution in [2.24, 2.45) is 4.36 Å². The van der Waals surface area contributed by atoms with E-state index in [2.05, 4.69) is 19.3 Å². The Morgan fingerprint density at radius 2 is 1.78 bits per heavy atom. The topological polar surface area (TPSA) is 110 Å². The van der Waals surface area contributed by atoms with Crippen LogP contribution >= 0.6 is 11.6 Å². The van der Waals surface area contributed by atoms with Gasteiger partial charge in [0.2, 0.25) is 0 Å². The monoisotopic (exact) mass is 530 g/mol. The first-order valence-corrected chi connectivity index (χ1v) is 13.9. The van der Waals surface area contributed by atoms with Crippen molar-refractivity contribution in [2.45, 2.75) is 18.4 Å². The SMILES string of the molecule is CS(C)(=O)=Nc1ccc(-c2ccc(-c3nc4nc(O[C@@H]5CO[C@H](CO)[C@@H]5F)[nH]c4cc3Cl)cc2)cc1. The Bertz CT molecular complexity index is 1510. The van der Waals surface area contributed by atoms with E-state index in [1.54, 1.807) is 18.6 Å². The molecule has 0 spiro atoms. The highest BCUT2D eigenvalue weighted by Gasteiger charge is 2.39. The molecule has 2 N–H and O–H groups in total. The number of fused-ring (bicyclic) bond motifs is 1. The molecule has 3 heterocycles. The summed E-state index contributed by atoms with van der Waals surface area (Å²) in [5.41, 5.74) is 4.95. The van der Waals surface area contributed by atoms with Crippen molar-refractivity contribution < 1.29 is 23.2 Å². The Morgan fingerprint density at radius 3 is 2.39 bits per heavy atom. The summed E-state index contributed by atoms with van der Waals surface area (Å²) >= 11 is 6.51. The first-order valence-electron chi connectivity index (χ1n) is 11.2. The molecule has 1 aliphatic heterocycles. The molecule has 188 valence electrons. The molecule has 4 aromatic rings. The molecule has 0 bridgehead atoms. The average molecular weight is 531 g/mol. The van der Waals surface area contributed by atoms with E-state index in [1.807, 2.05) is 48.5 Å². The molecule has 1 fully saturated rings. The molecule has 2 aromatic carbocycles. The number of aliphatic hydroxyl groups is 1. The summed E-state index contributed by atoms with van der Waals surface area (Å²) in [6.07, 6.45) is -0.0330. The summed E-state index contributed by atoms with van der Waals surface area (Å²) in [5.74, 6) is 0. The number of imidazole rings is 1. The summed E-state index contributed by atoms with van der Waals surface area (Å²) in [7, 11) is -2.21. The third kappa shape index (κ3) is 5.22. The fourth-order valence-electron chi connectivity index (χ4n) is 3.98. The van der Waals surface area contributed by atoms with Gasteiger partial charge >= 0.3 is 0 Å². The predicted octanol–water partition coefficient (Wildman–Crippen LogP) is 4.78. The Hall–Kier alpha value is -3.05. The van der Waals surface area contributed by atoms with Gasteiger partial charge in [-0.25, -0.2) is 13.6 Å². The van der Waals surface area contributed by atoms with Crippen molar-refractivity contribution in [3.8, 4) is 28.4 Å². The standard InChI is InChI=1S/C25H24ClFN4O4S/c1-36(2,33)31-17-9-7-15(8-10-17)14-3-5-16(6-4-14)23-18(26)11-19-24(29-23)30-25(28-19)35-21-13-34-20(12-32)22(21)27/h3-11,20-22,32H,12-13H2,1-2H3,(H,28,29,30)/t20-,21-,22+/m1/s1. The summed E-state index contributed by atoms with van der Waals surface area (Å²) in [6.45, 7) is -0.396. The molecule has 1 aliphatic rings. The number of ether oxygens (including phenoxy) is 2. The van der Waals surface area contributed by atoms with Crippen molar-refractivity contribution >= 4 is 38.2 Å². The van der Waals surface area contributed by atoms with Gasteiger partial charge in [0.1, 0.15) is 6.10 Å². The van der Waals surface area contributed by atoms with Crippen LogP contribution in [0.5, 0.6) is 6.01 Å². The zero-order valence-corrected chi connectivity index (χ0v) is 21.1. The number of aromatic amines is 1. The highest BCUT2D eigenvalue weighted by atomic mass is 35.5. The van der Waals surface area contributed by atoms with Crippen molar-refractivity contribution in [3.05, 3.63) is 59.6 Å². The zero-order chi connectivity index (χ0) is 25.4. The van der Waals surface area contributed by atoms with Gasteiger partial charge in [-0.15, -0.1) is 0 Å². The number of nitrogens with one attached hydrogen (secondary N) is 1. The smallest absolute Gasteiger partial charge is 0.296 e. The molecule has 8 nitrogen and oxygen atoms in total. The van der Waals surface area contributed by atoms with E-state index in [1.165, 1.54) is 0 Å². The number of aliphatic hydroxyl groups excluding tert-OH is 1. The van der Waals surface area contributed by atoms with Crippen LogP contribution in [0.4, 0.5) is 10.1 Å². The summed E-state index contributed by atoms with van der Waals surface area (Å²) in [5, 5.41) is 9.57. The maximum atomic E-state index is 14.3. The van der Waals surface area contributed by atoms with Crippen LogP contribution in [0.15, 0.2) is 59.0 Å². The zero-order valence-electron chi connectivity index (χ0n) is 19.5. The van der Waals surface area contributed by atoms with Crippen LogP contribution in [0.2, 0.25) is 5.02 Å². The minimum atomic E-state index is -2.21. The van der Waals surface area contributed by atoms with Crippen LogP contribution in [-0.4, -0.2) is 68.4 Å². The third-order valence-electron chi connectivity index (χ3n) is 5.72. The number of hydrogen-bond acceptors (Lipinski definition) is 7. The second-order valence-corrected chi connectivity index (χ2v) is 11.7. The largest absolute Gasteiger partial charge is 0.456 e. The van der Waals surface area contributed by atoms with E-state index in [-0.39, 0.29) is 12.6 Å². The number of rotatable bonds is 6. The van der Waals surface area contributed by atoms with Crippen molar-refractivity contribution in [1.82, 2.24) is 15.0 Å². The van der Waals surface area contributed by atoms with E-state index in [9.17, 15) is 8.60 Å².